The van der Waals surface area contributed by atoms with Crippen LogP contribution in [0.3, 0.4) is 0 Å². The van der Waals surface area contributed by atoms with E-state index in [0.717, 1.165) is 36.3 Å². The van der Waals surface area contributed by atoms with Crippen LogP contribution in [-0.4, -0.2) is 44.5 Å². The Balaban J connectivity index is 1.48. The standard InChI is InChI=1S/C22H25N3O2/c1-15(26)17-10-19(24(2)11-17)13-25-12-18(22(27)14-25)9-16-7-8-23-21-6-4-3-5-20(16)21/h3-8,10-11,18,22,27H,9,12-14H2,1-2H3/t18-,22+/m1/s1. The van der Waals surface area contributed by atoms with Crippen LogP contribution >= 0.6 is 0 Å². The van der Waals surface area contributed by atoms with Crippen LogP contribution in [0.4, 0.5) is 0 Å². The Hall–Kier alpha value is -2.50. The Morgan fingerprint density at radius 3 is 2.85 bits per heavy atom. The Kier molecular flexibility index (Phi) is 4.81. The highest BCUT2D eigenvalue weighted by Crippen LogP contribution is 2.26. The number of carbonyl (C=O) groups excluding carboxylic acids is 1. The van der Waals surface area contributed by atoms with Gasteiger partial charge in [-0.05, 0) is 37.1 Å². The number of aliphatic hydroxyl groups excluding tert-OH is 1. The van der Waals surface area contributed by atoms with Gasteiger partial charge in [0, 0.05) is 61.6 Å². The lowest BCUT2D eigenvalue weighted by atomic mass is 9.94. The zero-order chi connectivity index (χ0) is 19.0. The first-order chi connectivity index (χ1) is 13.0. The van der Waals surface area contributed by atoms with E-state index in [-0.39, 0.29) is 17.8 Å². The highest BCUT2D eigenvalue weighted by atomic mass is 16.3. The summed E-state index contributed by atoms with van der Waals surface area (Å²) in [6.45, 7) is 3.84. The van der Waals surface area contributed by atoms with E-state index in [9.17, 15) is 9.90 Å². The molecular weight excluding hydrogens is 338 g/mol. The van der Waals surface area contributed by atoms with Gasteiger partial charge >= 0.3 is 0 Å². The summed E-state index contributed by atoms with van der Waals surface area (Å²) in [5.74, 6) is 0.282. The van der Waals surface area contributed by atoms with Crippen molar-refractivity contribution in [2.75, 3.05) is 13.1 Å². The van der Waals surface area contributed by atoms with Crippen LogP contribution < -0.4 is 0 Å². The fourth-order valence-electron chi connectivity index (χ4n) is 4.08. The van der Waals surface area contributed by atoms with Crippen molar-refractivity contribution in [1.82, 2.24) is 14.5 Å². The lowest BCUT2D eigenvalue weighted by molar-refractivity contribution is 0.101. The van der Waals surface area contributed by atoms with Gasteiger partial charge in [-0.15, -0.1) is 0 Å². The molecule has 0 spiro atoms. The number of ketones is 1. The second kappa shape index (κ2) is 7.25. The molecule has 1 N–H and O–H groups in total. The van der Waals surface area contributed by atoms with Gasteiger partial charge in [-0.25, -0.2) is 0 Å². The molecule has 0 radical (unpaired) electrons. The number of Topliss-reactive ketones (excluding diaryl/α,β-unsaturated/α-hetero) is 1. The number of para-hydroxylation sites is 1. The van der Waals surface area contributed by atoms with Crippen LogP contribution in [0, 0.1) is 5.92 Å². The SMILES string of the molecule is CC(=O)c1cc(CN2C[C@@H](Cc3ccnc4ccccc34)[C@@H](O)C2)n(C)c1. The molecule has 5 heteroatoms. The smallest absolute Gasteiger partial charge is 0.161 e. The molecule has 1 aromatic carbocycles. The van der Waals surface area contributed by atoms with Crippen molar-refractivity contribution in [3.05, 3.63) is 65.6 Å². The number of nitrogens with zero attached hydrogens (tertiary/aromatic N) is 3. The molecule has 1 fully saturated rings. The summed E-state index contributed by atoms with van der Waals surface area (Å²) in [5.41, 5.74) is 4.08. The minimum absolute atomic E-state index is 0.0840. The number of rotatable bonds is 5. The highest BCUT2D eigenvalue weighted by Gasteiger charge is 2.32. The molecule has 1 aliphatic heterocycles. The summed E-state index contributed by atoms with van der Waals surface area (Å²) in [5, 5.41) is 11.8. The molecule has 0 aliphatic carbocycles. The van der Waals surface area contributed by atoms with Crippen LogP contribution in [0.1, 0.15) is 28.5 Å². The molecule has 3 heterocycles. The van der Waals surface area contributed by atoms with Gasteiger partial charge in [-0.3, -0.25) is 14.7 Å². The fraction of sp³-hybridized carbons (Fsp3) is 0.364. The molecule has 2 aromatic heterocycles. The van der Waals surface area contributed by atoms with Gasteiger partial charge in [-0.1, -0.05) is 18.2 Å². The first-order valence-electron chi connectivity index (χ1n) is 9.40. The first kappa shape index (κ1) is 17.9. The number of carbonyl (C=O) groups is 1. The van der Waals surface area contributed by atoms with Crippen LogP contribution in [0.2, 0.25) is 0 Å². The number of fused-ring (bicyclic) bond motifs is 1. The molecule has 5 nitrogen and oxygen atoms in total. The minimum atomic E-state index is -0.343. The molecule has 0 bridgehead atoms. The second-order valence-corrected chi connectivity index (χ2v) is 7.60. The number of benzene rings is 1. The number of hydrogen-bond acceptors (Lipinski definition) is 4. The maximum Gasteiger partial charge on any atom is 0.161 e. The summed E-state index contributed by atoms with van der Waals surface area (Å²) in [6.07, 6.45) is 4.23. The number of hydrogen-bond donors (Lipinski definition) is 1. The molecule has 2 atom stereocenters. The average molecular weight is 363 g/mol. The van der Waals surface area contributed by atoms with Crippen molar-refractivity contribution in [2.45, 2.75) is 26.0 Å². The van der Waals surface area contributed by atoms with E-state index in [1.165, 1.54) is 10.9 Å². The number of pyridine rings is 1. The van der Waals surface area contributed by atoms with Gasteiger partial charge in [0.25, 0.3) is 0 Å². The highest BCUT2D eigenvalue weighted by molar-refractivity contribution is 5.94. The predicted molar refractivity (Wildman–Crippen MR) is 106 cm³/mol. The largest absolute Gasteiger partial charge is 0.391 e. The predicted octanol–water partition coefficient (Wildman–Crippen LogP) is 2.81. The van der Waals surface area contributed by atoms with Gasteiger partial charge in [-0.2, -0.15) is 0 Å². The second-order valence-electron chi connectivity index (χ2n) is 7.60. The summed E-state index contributed by atoms with van der Waals surface area (Å²) in [6, 6.07) is 12.2. The van der Waals surface area contributed by atoms with E-state index in [4.69, 9.17) is 0 Å². The van der Waals surface area contributed by atoms with Gasteiger partial charge in [0.2, 0.25) is 0 Å². The van der Waals surface area contributed by atoms with Gasteiger partial charge in [0.05, 0.1) is 11.6 Å². The maximum atomic E-state index is 11.6. The maximum absolute atomic E-state index is 11.6. The Morgan fingerprint density at radius 1 is 1.26 bits per heavy atom. The zero-order valence-corrected chi connectivity index (χ0v) is 15.8. The van der Waals surface area contributed by atoms with Crippen LogP contribution in [0.15, 0.2) is 48.8 Å². The summed E-state index contributed by atoms with van der Waals surface area (Å²) in [7, 11) is 1.97. The number of likely N-dealkylation sites (tertiary alicyclic amines) is 1. The molecule has 1 aliphatic rings. The molecule has 0 unspecified atom stereocenters. The monoisotopic (exact) mass is 363 g/mol. The van der Waals surface area contributed by atoms with Gasteiger partial charge in [0.15, 0.2) is 5.78 Å². The van der Waals surface area contributed by atoms with Crippen molar-refractivity contribution < 1.29 is 9.90 Å². The van der Waals surface area contributed by atoms with Crippen molar-refractivity contribution >= 4 is 16.7 Å². The fourth-order valence-corrected chi connectivity index (χ4v) is 4.08. The molecule has 27 heavy (non-hydrogen) atoms. The topological polar surface area (TPSA) is 58.4 Å². The number of aromatic nitrogens is 2. The molecule has 1 saturated heterocycles. The molecule has 140 valence electrons. The van der Waals surface area contributed by atoms with E-state index >= 15 is 0 Å². The Bertz CT molecular complexity index is 973. The molecule has 4 rings (SSSR count). The molecule has 0 saturated carbocycles. The quantitative estimate of drug-likeness (QED) is 0.708. The van der Waals surface area contributed by atoms with Crippen LogP contribution in [0.25, 0.3) is 10.9 Å². The van der Waals surface area contributed by atoms with E-state index in [1.807, 2.05) is 48.3 Å². The van der Waals surface area contributed by atoms with E-state index in [0.29, 0.717) is 6.54 Å². The zero-order valence-electron chi connectivity index (χ0n) is 15.8. The molecule has 0 amide bonds. The summed E-state index contributed by atoms with van der Waals surface area (Å²) < 4.78 is 2.01. The van der Waals surface area contributed by atoms with Crippen molar-refractivity contribution in [3.63, 3.8) is 0 Å². The third-order valence-electron chi connectivity index (χ3n) is 5.60. The lowest BCUT2D eigenvalue weighted by Gasteiger charge is -2.16. The van der Waals surface area contributed by atoms with Gasteiger partial charge < -0.3 is 9.67 Å². The van der Waals surface area contributed by atoms with Crippen molar-refractivity contribution in [1.29, 1.82) is 0 Å². The normalized spacial score (nSPS) is 20.4. The summed E-state index contributed by atoms with van der Waals surface area (Å²) >= 11 is 0. The van der Waals surface area contributed by atoms with Crippen LogP contribution in [0.5, 0.6) is 0 Å². The molecular formula is C22H25N3O2. The Morgan fingerprint density at radius 2 is 2.07 bits per heavy atom. The number of β-amino-alcohol motifs (C(OH)–C–C–N with tert-alkyl or cyclic N) is 1. The summed E-state index contributed by atoms with van der Waals surface area (Å²) in [4.78, 5) is 18.3. The third kappa shape index (κ3) is 3.66. The van der Waals surface area contributed by atoms with Crippen molar-refractivity contribution in [2.24, 2.45) is 13.0 Å². The molecule has 3 aromatic rings. The van der Waals surface area contributed by atoms with Gasteiger partial charge in [0.1, 0.15) is 0 Å². The van der Waals surface area contributed by atoms with Crippen LogP contribution in [-0.2, 0) is 20.0 Å². The Labute approximate surface area is 159 Å². The van der Waals surface area contributed by atoms with E-state index in [2.05, 4.69) is 22.0 Å². The third-order valence-corrected chi connectivity index (χ3v) is 5.60. The average Bonchev–Trinajstić information content (AvgIpc) is 3.18. The number of aliphatic hydroxyl groups is 1. The number of aryl methyl sites for hydroxylation is 1. The van der Waals surface area contributed by atoms with Crippen molar-refractivity contribution in [3.8, 4) is 0 Å². The van der Waals surface area contributed by atoms with E-state index in [1.54, 1.807) is 6.92 Å². The van der Waals surface area contributed by atoms with E-state index < -0.39 is 0 Å². The lowest BCUT2D eigenvalue weighted by Crippen LogP contribution is -2.22. The minimum Gasteiger partial charge on any atom is -0.391 e. The first-order valence-corrected chi connectivity index (χ1v) is 9.40.